The van der Waals surface area contributed by atoms with E-state index in [1.54, 1.807) is 6.33 Å². The summed E-state index contributed by atoms with van der Waals surface area (Å²) in [6.07, 6.45) is 10.9. The average molecular weight is 219 g/mol. The van der Waals surface area contributed by atoms with Crippen molar-refractivity contribution in [3.05, 3.63) is 24.3 Å². The van der Waals surface area contributed by atoms with Crippen LogP contribution in [0.15, 0.2) is 18.7 Å². The molecule has 0 bridgehead atoms. The van der Waals surface area contributed by atoms with Gasteiger partial charge >= 0.3 is 0 Å². The minimum atomic E-state index is 0.869. The van der Waals surface area contributed by atoms with Crippen LogP contribution in [0.1, 0.15) is 38.2 Å². The maximum absolute atomic E-state index is 4.01. The Morgan fingerprint density at radius 1 is 1.31 bits per heavy atom. The van der Waals surface area contributed by atoms with Crippen LogP contribution in [0.4, 0.5) is 0 Å². The Kier molecular flexibility index (Phi) is 4.28. The fourth-order valence-electron chi connectivity index (χ4n) is 2.59. The molecule has 2 rings (SSSR count). The first-order valence-corrected chi connectivity index (χ1v) is 6.29. The van der Waals surface area contributed by atoms with Gasteiger partial charge in [-0.3, -0.25) is 0 Å². The van der Waals surface area contributed by atoms with Crippen LogP contribution in [0.5, 0.6) is 0 Å². The lowest BCUT2D eigenvalue weighted by molar-refractivity contribution is 0.274. The summed E-state index contributed by atoms with van der Waals surface area (Å²) in [5, 5.41) is 3.51. The average Bonchev–Trinajstić information content (AvgIpc) is 2.30. The summed E-state index contributed by atoms with van der Waals surface area (Å²) in [6, 6.07) is 0. The molecule has 0 amide bonds. The number of nitrogens with one attached hydrogen (secondary N) is 1. The summed E-state index contributed by atoms with van der Waals surface area (Å²) >= 11 is 0. The molecule has 1 aliphatic carbocycles. The maximum Gasteiger partial charge on any atom is 0.115 e. The number of hydrogen-bond donors (Lipinski definition) is 1. The summed E-state index contributed by atoms with van der Waals surface area (Å²) in [5.74, 6) is 1.79. The summed E-state index contributed by atoms with van der Waals surface area (Å²) in [7, 11) is 0. The van der Waals surface area contributed by atoms with E-state index in [0.717, 1.165) is 24.9 Å². The highest BCUT2D eigenvalue weighted by Crippen LogP contribution is 2.27. The molecule has 0 spiro atoms. The van der Waals surface area contributed by atoms with Crippen molar-refractivity contribution in [3.63, 3.8) is 0 Å². The molecule has 16 heavy (non-hydrogen) atoms. The van der Waals surface area contributed by atoms with Gasteiger partial charge in [0, 0.05) is 24.5 Å². The van der Waals surface area contributed by atoms with Gasteiger partial charge in [0.05, 0.1) is 0 Å². The molecule has 2 atom stereocenters. The van der Waals surface area contributed by atoms with Crippen LogP contribution >= 0.6 is 0 Å². The predicted octanol–water partition coefficient (Wildman–Crippen LogP) is 2.39. The van der Waals surface area contributed by atoms with E-state index in [1.807, 2.05) is 12.4 Å². The van der Waals surface area contributed by atoms with Crippen LogP contribution in [0.25, 0.3) is 0 Å². The topological polar surface area (TPSA) is 37.8 Å². The molecule has 88 valence electrons. The van der Waals surface area contributed by atoms with Crippen LogP contribution in [0.2, 0.25) is 0 Å². The molecular weight excluding hydrogens is 198 g/mol. The summed E-state index contributed by atoms with van der Waals surface area (Å²) < 4.78 is 0. The molecule has 1 aliphatic rings. The zero-order chi connectivity index (χ0) is 11.2. The van der Waals surface area contributed by atoms with E-state index < -0.39 is 0 Å². The second kappa shape index (κ2) is 5.94. The molecule has 1 N–H and O–H groups in total. The molecule has 0 aromatic carbocycles. The first kappa shape index (κ1) is 11.5. The van der Waals surface area contributed by atoms with Crippen LogP contribution < -0.4 is 5.32 Å². The largest absolute Gasteiger partial charge is 0.312 e. The molecule has 0 radical (unpaired) electrons. The quantitative estimate of drug-likeness (QED) is 0.845. The normalized spacial score (nSPS) is 25.6. The minimum absolute atomic E-state index is 0.869. The Morgan fingerprint density at radius 2 is 2.12 bits per heavy atom. The minimum Gasteiger partial charge on any atom is -0.312 e. The first-order valence-electron chi connectivity index (χ1n) is 6.29. The van der Waals surface area contributed by atoms with Crippen LogP contribution in [-0.2, 0) is 6.54 Å². The monoisotopic (exact) mass is 219 g/mol. The van der Waals surface area contributed by atoms with Crippen molar-refractivity contribution >= 4 is 0 Å². The molecule has 3 heteroatoms. The number of nitrogens with zero attached hydrogens (tertiary/aromatic N) is 2. The highest BCUT2D eigenvalue weighted by molar-refractivity contribution is 5.01. The third kappa shape index (κ3) is 3.56. The van der Waals surface area contributed by atoms with Crippen LogP contribution in [0.3, 0.4) is 0 Å². The second-order valence-corrected chi connectivity index (χ2v) is 5.02. The van der Waals surface area contributed by atoms with E-state index in [9.17, 15) is 0 Å². The lowest BCUT2D eigenvalue weighted by Gasteiger charge is -2.26. The molecule has 1 saturated carbocycles. The predicted molar refractivity (Wildman–Crippen MR) is 64.9 cm³/mol. The van der Waals surface area contributed by atoms with Crippen molar-refractivity contribution in [3.8, 4) is 0 Å². The molecule has 3 nitrogen and oxygen atoms in total. The van der Waals surface area contributed by atoms with Gasteiger partial charge in [-0.15, -0.1) is 0 Å². The van der Waals surface area contributed by atoms with Crippen molar-refractivity contribution < 1.29 is 0 Å². The molecule has 1 fully saturated rings. The Labute approximate surface area is 97.7 Å². The van der Waals surface area contributed by atoms with Gasteiger partial charge in [0.15, 0.2) is 0 Å². The number of aromatic nitrogens is 2. The molecule has 0 saturated heterocycles. The lowest BCUT2D eigenvalue weighted by atomic mass is 9.82. The standard InChI is InChI=1S/C13H21N3/c1-11-3-2-4-12(5-11)6-14-7-13-8-15-10-16-9-13/h8-12,14H,2-7H2,1H3. The third-order valence-electron chi connectivity index (χ3n) is 3.42. The Morgan fingerprint density at radius 3 is 2.88 bits per heavy atom. The van der Waals surface area contributed by atoms with Crippen LogP contribution in [0, 0.1) is 11.8 Å². The van der Waals surface area contributed by atoms with Gasteiger partial charge < -0.3 is 5.32 Å². The number of rotatable bonds is 4. The van der Waals surface area contributed by atoms with Crippen molar-refractivity contribution in [1.29, 1.82) is 0 Å². The van der Waals surface area contributed by atoms with E-state index in [1.165, 1.54) is 31.2 Å². The van der Waals surface area contributed by atoms with Gasteiger partial charge in [-0.2, -0.15) is 0 Å². The van der Waals surface area contributed by atoms with Crippen molar-refractivity contribution in [2.24, 2.45) is 11.8 Å². The SMILES string of the molecule is CC1CCCC(CNCc2cncnc2)C1. The second-order valence-electron chi connectivity index (χ2n) is 5.02. The zero-order valence-electron chi connectivity index (χ0n) is 10.0. The van der Waals surface area contributed by atoms with Crippen molar-refractivity contribution in [1.82, 2.24) is 15.3 Å². The van der Waals surface area contributed by atoms with Gasteiger partial charge in [0.1, 0.15) is 6.33 Å². The Hall–Kier alpha value is -0.960. The van der Waals surface area contributed by atoms with Gasteiger partial charge in [-0.1, -0.05) is 19.8 Å². The van der Waals surface area contributed by atoms with Crippen molar-refractivity contribution in [2.75, 3.05) is 6.54 Å². The molecule has 1 aromatic heterocycles. The van der Waals surface area contributed by atoms with Crippen LogP contribution in [-0.4, -0.2) is 16.5 Å². The van der Waals surface area contributed by atoms with Gasteiger partial charge in [-0.05, 0) is 31.2 Å². The van der Waals surface area contributed by atoms with Crippen molar-refractivity contribution in [2.45, 2.75) is 39.2 Å². The summed E-state index contributed by atoms with van der Waals surface area (Å²) in [6.45, 7) is 4.40. The zero-order valence-corrected chi connectivity index (χ0v) is 10.0. The summed E-state index contributed by atoms with van der Waals surface area (Å²) in [4.78, 5) is 8.02. The molecule has 2 unspecified atom stereocenters. The highest BCUT2D eigenvalue weighted by atomic mass is 14.9. The molecule has 1 heterocycles. The third-order valence-corrected chi connectivity index (χ3v) is 3.42. The summed E-state index contributed by atoms with van der Waals surface area (Å²) in [5.41, 5.74) is 1.17. The van der Waals surface area contributed by atoms with E-state index in [4.69, 9.17) is 0 Å². The van der Waals surface area contributed by atoms with E-state index in [0.29, 0.717) is 0 Å². The lowest BCUT2D eigenvalue weighted by Crippen LogP contribution is -2.26. The van der Waals surface area contributed by atoms with E-state index in [2.05, 4.69) is 22.2 Å². The van der Waals surface area contributed by atoms with Gasteiger partial charge in [0.2, 0.25) is 0 Å². The maximum atomic E-state index is 4.01. The fraction of sp³-hybridized carbons (Fsp3) is 0.692. The fourth-order valence-corrected chi connectivity index (χ4v) is 2.59. The van der Waals surface area contributed by atoms with E-state index >= 15 is 0 Å². The van der Waals surface area contributed by atoms with E-state index in [-0.39, 0.29) is 0 Å². The Balaban J connectivity index is 1.68. The smallest absolute Gasteiger partial charge is 0.115 e. The van der Waals surface area contributed by atoms with Gasteiger partial charge in [0.25, 0.3) is 0 Å². The molecule has 0 aliphatic heterocycles. The molecular formula is C13H21N3. The van der Waals surface area contributed by atoms with Gasteiger partial charge in [-0.25, -0.2) is 9.97 Å². The first-order chi connectivity index (χ1) is 7.84. The molecule has 1 aromatic rings. The Bertz CT molecular complexity index is 299. The highest BCUT2D eigenvalue weighted by Gasteiger charge is 2.17. The number of hydrogen-bond acceptors (Lipinski definition) is 3.